The molecule has 2 atom stereocenters. The third kappa shape index (κ3) is 4.85. The second-order valence-corrected chi connectivity index (χ2v) is 6.39. The van der Waals surface area contributed by atoms with E-state index in [1.165, 1.54) is 18.4 Å². The summed E-state index contributed by atoms with van der Waals surface area (Å²) in [5.41, 5.74) is 7.49. The number of nitrogens with zero attached hydrogens (tertiary/aromatic N) is 1. The lowest BCUT2D eigenvalue weighted by Gasteiger charge is -2.25. The molecule has 1 aromatic rings. The van der Waals surface area contributed by atoms with Gasteiger partial charge < -0.3 is 15.4 Å². The molecule has 3 nitrogen and oxygen atoms in total. The van der Waals surface area contributed by atoms with Gasteiger partial charge in [-0.25, -0.2) is 0 Å². The zero-order valence-electron chi connectivity index (χ0n) is 12.2. The summed E-state index contributed by atoms with van der Waals surface area (Å²) in [7, 11) is 0. The molecule has 1 saturated heterocycles. The zero-order valence-corrected chi connectivity index (χ0v) is 13.8. The number of halogens is 1. The van der Waals surface area contributed by atoms with Crippen LogP contribution in [-0.4, -0.2) is 37.2 Å². The highest BCUT2D eigenvalue weighted by Crippen LogP contribution is 2.19. The lowest BCUT2D eigenvalue weighted by atomic mass is 10.0. The van der Waals surface area contributed by atoms with Crippen LogP contribution in [0.4, 0.5) is 0 Å². The van der Waals surface area contributed by atoms with Crippen molar-refractivity contribution in [3.8, 4) is 0 Å². The predicted octanol–water partition coefficient (Wildman–Crippen LogP) is 3.34. The summed E-state index contributed by atoms with van der Waals surface area (Å²) in [5, 5.41) is 0. The molecule has 1 fully saturated rings. The summed E-state index contributed by atoms with van der Waals surface area (Å²) in [6.45, 7) is 6.28. The summed E-state index contributed by atoms with van der Waals surface area (Å²) < 4.78 is 6.81. The average molecular weight is 341 g/mol. The van der Waals surface area contributed by atoms with Crippen LogP contribution in [0.15, 0.2) is 28.7 Å². The number of ether oxygens (including phenoxy) is 1. The van der Waals surface area contributed by atoms with E-state index in [2.05, 4.69) is 52.0 Å². The van der Waals surface area contributed by atoms with Gasteiger partial charge in [0.1, 0.15) is 0 Å². The second kappa shape index (κ2) is 8.13. The molecular weight excluding hydrogens is 316 g/mol. The Balaban J connectivity index is 1.78. The summed E-state index contributed by atoms with van der Waals surface area (Å²) in [6, 6.07) is 8.43. The van der Waals surface area contributed by atoms with E-state index in [9.17, 15) is 0 Å². The maximum Gasteiger partial charge on any atom is 0.0702 e. The van der Waals surface area contributed by atoms with E-state index >= 15 is 0 Å². The van der Waals surface area contributed by atoms with Gasteiger partial charge in [0.05, 0.1) is 6.10 Å². The highest BCUT2D eigenvalue weighted by Gasteiger charge is 2.18. The molecule has 112 valence electrons. The smallest absolute Gasteiger partial charge is 0.0702 e. The van der Waals surface area contributed by atoms with E-state index in [1.807, 2.05) is 0 Å². The molecule has 0 aromatic heterocycles. The minimum atomic E-state index is 0.113. The molecule has 0 aliphatic carbocycles. The van der Waals surface area contributed by atoms with Crippen LogP contribution in [-0.2, 0) is 4.74 Å². The fourth-order valence-electron chi connectivity index (χ4n) is 2.65. The third-order valence-electron chi connectivity index (χ3n) is 3.99. The number of benzene rings is 1. The van der Waals surface area contributed by atoms with Gasteiger partial charge >= 0.3 is 0 Å². The maximum atomic E-state index is 6.28. The van der Waals surface area contributed by atoms with E-state index in [0.717, 1.165) is 37.1 Å². The van der Waals surface area contributed by atoms with Gasteiger partial charge in [0.25, 0.3) is 0 Å². The highest BCUT2D eigenvalue weighted by molar-refractivity contribution is 9.10. The highest BCUT2D eigenvalue weighted by atomic mass is 79.9. The minimum absolute atomic E-state index is 0.113. The molecule has 0 bridgehead atoms. The van der Waals surface area contributed by atoms with Crippen LogP contribution < -0.4 is 5.73 Å². The number of hydrogen-bond acceptors (Lipinski definition) is 3. The van der Waals surface area contributed by atoms with Crippen molar-refractivity contribution in [2.24, 2.45) is 5.73 Å². The second-order valence-electron chi connectivity index (χ2n) is 5.47. The van der Waals surface area contributed by atoms with Crippen molar-refractivity contribution < 1.29 is 4.74 Å². The van der Waals surface area contributed by atoms with Gasteiger partial charge in [0, 0.05) is 30.2 Å². The van der Waals surface area contributed by atoms with Gasteiger partial charge in [0.15, 0.2) is 0 Å². The fraction of sp³-hybridized carbons (Fsp3) is 0.625. The molecule has 2 rings (SSSR count). The molecule has 0 radical (unpaired) electrons. The Bertz CT molecular complexity index is 390. The fourth-order valence-corrected chi connectivity index (χ4v) is 2.92. The van der Waals surface area contributed by atoms with E-state index in [0.29, 0.717) is 6.10 Å². The first-order chi connectivity index (χ1) is 9.69. The van der Waals surface area contributed by atoms with Crippen molar-refractivity contribution in [3.63, 3.8) is 0 Å². The van der Waals surface area contributed by atoms with Gasteiger partial charge in [-0.1, -0.05) is 35.0 Å². The summed E-state index contributed by atoms with van der Waals surface area (Å²) in [5.74, 6) is 0. The van der Waals surface area contributed by atoms with Gasteiger partial charge in [0.2, 0.25) is 0 Å². The largest absolute Gasteiger partial charge is 0.377 e. The van der Waals surface area contributed by atoms with Crippen molar-refractivity contribution in [3.05, 3.63) is 34.3 Å². The minimum Gasteiger partial charge on any atom is -0.377 e. The molecule has 2 N–H and O–H groups in total. The molecule has 0 saturated carbocycles. The van der Waals surface area contributed by atoms with Crippen molar-refractivity contribution in [2.75, 3.05) is 26.2 Å². The summed E-state index contributed by atoms with van der Waals surface area (Å²) in [6.07, 6.45) is 3.83. The van der Waals surface area contributed by atoms with Gasteiger partial charge in [-0.15, -0.1) is 0 Å². The molecule has 0 amide bonds. The van der Waals surface area contributed by atoms with Crippen LogP contribution >= 0.6 is 15.9 Å². The SMILES string of the molecule is CCN(CCC(N)c1ccc(Br)cc1)CC1CCCO1. The van der Waals surface area contributed by atoms with Crippen LogP contribution in [0.3, 0.4) is 0 Å². The van der Waals surface area contributed by atoms with Gasteiger partial charge in [-0.3, -0.25) is 0 Å². The lowest BCUT2D eigenvalue weighted by Crippen LogP contribution is -2.34. The molecule has 0 spiro atoms. The first kappa shape index (κ1) is 16.0. The lowest BCUT2D eigenvalue weighted by molar-refractivity contribution is 0.0738. The standard InChI is InChI=1S/C16H25BrN2O/c1-2-19(12-15-4-3-11-20-15)10-9-16(18)13-5-7-14(17)8-6-13/h5-8,15-16H,2-4,9-12,18H2,1H3. The van der Waals surface area contributed by atoms with Gasteiger partial charge in [-0.05, 0) is 43.5 Å². The Morgan fingerprint density at radius 1 is 1.40 bits per heavy atom. The van der Waals surface area contributed by atoms with E-state index in [-0.39, 0.29) is 6.04 Å². The molecule has 2 unspecified atom stereocenters. The van der Waals surface area contributed by atoms with Crippen LogP contribution in [0.5, 0.6) is 0 Å². The van der Waals surface area contributed by atoms with E-state index in [1.54, 1.807) is 0 Å². The monoisotopic (exact) mass is 340 g/mol. The Morgan fingerprint density at radius 2 is 2.15 bits per heavy atom. The number of hydrogen-bond donors (Lipinski definition) is 1. The van der Waals surface area contributed by atoms with Gasteiger partial charge in [-0.2, -0.15) is 0 Å². The predicted molar refractivity (Wildman–Crippen MR) is 86.8 cm³/mol. The van der Waals surface area contributed by atoms with Crippen LogP contribution in [0.2, 0.25) is 0 Å². The molecular formula is C16H25BrN2O. The molecule has 1 heterocycles. The van der Waals surface area contributed by atoms with Crippen molar-refractivity contribution in [2.45, 2.75) is 38.3 Å². The Kier molecular flexibility index (Phi) is 6.49. The molecule has 4 heteroatoms. The third-order valence-corrected chi connectivity index (χ3v) is 4.52. The van der Waals surface area contributed by atoms with E-state index in [4.69, 9.17) is 10.5 Å². The molecule has 1 aromatic carbocycles. The molecule has 1 aliphatic rings. The van der Waals surface area contributed by atoms with E-state index < -0.39 is 0 Å². The number of nitrogens with two attached hydrogens (primary N) is 1. The quantitative estimate of drug-likeness (QED) is 0.827. The van der Waals surface area contributed by atoms with Crippen LogP contribution in [0.1, 0.15) is 37.8 Å². The zero-order chi connectivity index (χ0) is 14.4. The Hall–Kier alpha value is -0.420. The molecule has 20 heavy (non-hydrogen) atoms. The van der Waals surface area contributed by atoms with Crippen molar-refractivity contribution in [1.29, 1.82) is 0 Å². The van der Waals surface area contributed by atoms with Crippen molar-refractivity contribution >= 4 is 15.9 Å². The molecule has 1 aliphatic heterocycles. The Labute approximate surface area is 130 Å². The first-order valence-electron chi connectivity index (χ1n) is 7.54. The van der Waals surface area contributed by atoms with Crippen LogP contribution in [0, 0.1) is 0 Å². The summed E-state index contributed by atoms with van der Waals surface area (Å²) in [4.78, 5) is 2.45. The maximum absolute atomic E-state index is 6.28. The first-order valence-corrected chi connectivity index (χ1v) is 8.33. The average Bonchev–Trinajstić information content (AvgIpc) is 2.96. The van der Waals surface area contributed by atoms with Crippen LogP contribution in [0.25, 0.3) is 0 Å². The summed E-state index contributed by atoms with van der Waals surface area (Å²) >= 11 is 3.45. The number of likely N-dealkylation sites (N-methyl/N-ethyl adjacent to an activating group) is 1. The Morgan fingerprint density at radius 3 is 2.75 bits per heavy atom. The van der Waals surface area contributed by atoms with Crippen molar-refractivity contribution in [1.82, 2.24) is 4.90 Å². The normalized spacial score (nSPS) is 20.5. The number of rotatable bonds is 7. The topological polar surface area (TPSA) is 38.5 Å².